The van der Waals surface area contributed by atoms with Gasteiger partial charge < -0.3 is 24.4 Å². The maximum atomic E-state index is 13.1. The van der Waals surface area contributed by atoms with Crippen molar-refractivity contribution in [1.82, 2.24) is 10.2 Å². The van der Waals surface area contributed by atoms with E-state index < -0.39 is 0 Å². The van der Waals surface area contributed by atoms with Crippen molar-refractivity contribution in [1.29, 1.82) is 0 Å². The minimum Gasteiger partial charge on any atom is -0.497 e. The maximum Gasteiger partial charge on any atom is 0.253 e. The smallest absolute Gasteiger partial charge is 0.253 e. The van der Waals surface area contributed by atoms with Gasteiger partial charge in [-0.25, -0.2) is 0 Å². The zero-order valence-electron chi connectivity index (χ0n) is 18.3. The van der Waals surface area contributed by atoms with E-state index in [0.717, 1.165) is 17.7 Å². The van der Waals surface area contributed by atoms with Crippen molar-refractivity contribution in [2.24, 2.45) is 5.92 Å². The minimum atomic E-state index is -0.321. The molecule has 0 radical (unpaired) electrons. The predicted molar refractivity (Wildman–Crippen MR) is 118 cm³/mol. The van der Waals surface area contributed by atoms with E-state index in [4.69, 9.17) is 14.2 Å². The van der Waals surface area contributed by atoms with Crippen molar-refractivity contribution in [3.8, 4) is 11.5 Å². The van der Waals surface area contributed by atoms with E-state index in [-0.39, 0.29) is 23.7 Å². The monoisotopic (exact) mass is 426 g/mol. The van der Waals surface area contributed by atoms with Crippen LogP contribution >= 0.6 is 0 Å². The van der Waals surface area contributed by atoms with Crippen LogP contribution in [0.4, 0.5) is 0 Å². The summed E-state index contributed by atoms with van der Waals surface area (Å²) in [6, 6.07) is 14.7. The average Bonchev–Trinajstić information content (AvgIpc) is 3.27. The van der Waals surface area contributed by atoms with Crippen LogP contribution in [0.1, 0.15) is 28.3 Å². The van der Waals surface area contributed by atoms with Crippen molar-refractivity contribution < 1.29 is 23.8 Å². The molecule has 1 aliphatic rings. The van der Waals surface area contributed by atoms with Gasteiger partial charge in [-0.05, 0) is 48.4 Å². The lowest BCUT2D eigenvalue weighted by molar-refractivity contribution is -0.124. The Morgan fingerprint density at radius 1 is 0.935 bits per heavy atom. The lowest BCUT2D eigenvalue weighted by atomic mass is 9.88. The minimum absolute atomic E-state index is 0.0399. The molecule has 31 heavy (non-hydrogen) atoms. The van der Waals surface area contributed by atoms with Crippen LogP contribution in [0.5, 0.6) is 11.5 Å². The molecule has 2 amide bonds. The summed E-state index contributed by atoms with van der Waals surface area (Å²) in [7, 11) is 4.85. The highest BCUT2D eigenvalue weighted by Gasteiger charge is 2.40. The van der Waals surface area contributed by atoms with Crippen molar-refractivity contribution in [3.05, 3.63) is 59.7 Å². The number of amides is 2. The van der Waals surface area contributed by atoms with Gasteiger partial charge in [-0.3, -0.25) is 9.59 Å². The van der Waals surface area contributed by atoms with Crippen LogP contribution < -0.4 is 14.8 Å². The second kappa shape index (κ2) is 10.8. The Morgan fingerprint density at radius 2 is 1.55 bits per heavy atom. The topological polar surface area (TPSA) is 77.1 Å². The van der Waals surface area contributed by atoms with E-state index in [2.05, 4.69) is 5.32 Å². The Labute approximate surface area is 183 Å². The largest absolute Gasteiger partial charge is 0.497 e. The highest BCUT2D eigenvalue weighted by Crippen LogP contribution is 2.34. The van der Waals surface area contributed by atoms with Crippen molar-refractivity contribution >= 4 is 11.8 Å². The Kier molecular flexibility index (Phi) is 7.89. The molecule has 1 N–H and O–H groups in total. The molecule has 0 spiro atoms. The van der Waals surface area contributed by atoms with Crippen LogP contribution in [0.25, 0.3) is 0 Å². The second-order valence-corrected chi connectivity index (χ2v) is 7.56. The Morgan fingerprint density at radius 3 is 2.13 bits per heavy atom. The first-order valence-electron chi connectivity index (χ1n) is 10.4. The molecule has 2 aromatic carbocycles. The van der Waals surface area contributed by atoms with Crippen molar-refractivity contribution in [3.63, 3.8) is 0 Å². The second-order valence-electron chi connectivity index (χ2n) is 7.56. The molecule has 1 heterocycles. The van der Waals surface area contributed by atoms with E-state index in [1.165, 1.54) is 0 Å². The molecule has 0 bridgehead atoms. The number of carbonyl (C=O) groups excluding carboxylic acids is 2. The third-order valence-electron chi connectivity index (χ3n) is 5.65. The Hall–Kier alpha value is -3.06. The average molecular weight is 427 g/mol. The van der Waals surface area contributed by atoms with Crippen molar-refractivity contribution in [2.75, 3.05) is 47.6 Å². The lowest BCUT2D eigenvalue weighted by Gasteiger charge is -2.18. The van der Waals surface area contributed by atoms with E-state index in [0.29, 0.717) is 37.6 Å². The van der Waals surface area contributed by atoms with Gasteiger partial charge in [0.25, 0.3) is 5.91 Å². The summed E-state index contributed by atoms with van der Waals surface area (Å²) in [4.78, 5) is 27.8. The molecule has 1 fully saturated rings. The zero-order valence-corrected chi connectivity index (χ0v) is 18.3. The summed E-state index contributed by atoms with van der Waals surface area (Å²) in [6.07, 6.45) is 0.747. The number of nitrogens with zero attached hydrogens (tertiary/aromatic N) is 1. The zero-order chi connectivity index (χ0) is 22.2. The predicted octanol–water partition coefficient (Wildman–Crippen LogP) is 2.71. The number of nitrogens with one attached hydrogen (secondary N) is 1. The number of methoxy groups -OCH3 is 3. The quantitative estimate of drug-likeness (QED) is 0.624. The van der Waals surface area contributed by atoms with Gasteiger partial charge in [0.15, 0.2) is 0 Å². The molecule has 1 saturated heterocycles. The van der Waals surface area contributed by atoms with Gasteiger partial charge in [-0.1, -0.05) is 12.1 Å². The number of rotatable bonds is 9. The van der Waals surface area contributed by atoms with Crippen LogP contribution in [0.15, 0.2) is 48.5 Å². The molecule has 0 aliphatic carbocycles. The molecule has 0 aromatic heterocycles. The standard InChI is InChI=1S/C24H30N2O5/c1-29-14-4-13-25-23(27)22-16-26(24(28)18-7-11-20(31-3)12-8-18)15-21(22)17-5-9-19(30-2)10-6-17/h5-12,21-22H,4,13-16H2,1-3H3,(H,25,27). The summed E-state index contributed by atoms with van der Waals surface area (Å²) in [5, 5.41) is 3.00. The van der Waals surface area contributed by atoms with Crippen LogP contribution in [-0.4, -0.2) is 64.3 Å². The van der Waals surface area contributed by atoms with Crippen molar-refractivity contribution in [2.45, 2.75) is 12.3 Å². The van der Waals surface area contributed by atoms with Gasteiger partial charge in [-0.15, -0.1) is 0 Å². The Balaban J connectivity index is 1.77. The molecule has 7 heteroatoms. The molecule has 7 nitrogen and oxygen atoms in total. The fourth-order valence-electron chi connectivity index (χ4n) is 3.90. The van der Waals surface area contributed by atoms with Crippen LogP contribution in [0.3, 0.4) is 0 Å². The van der Waals surface area contributed by atoms with Gasteiger partial charge in [0.05, 0.1) is 20.1 Å². The van der Waals surface area contributed by atoms with E-state index in [1.54, 1.807) is 50.5 Å². The number of ether oxygens (including phenoxy) is 3. The molecule has 1 aliphatic heterocycles. The summed E-state index contributed by atoms with van der Waals surface area (Å²) in [5.41, 5.74) is 1.60. The first-order valence-corrected chi connectivity index (χ1v) is 10.4. The first kappa shape index (κ1) is 22.6. The molecule has 2 aromatic rings. The number of hydrogen-bond donors (Lipinski definition) is 1. The number of benzene rings is 2. The van der Waals surface area contributed by atoms with E-state index >= 15 is 0 Å². The van der Waals surface area contributed by atoms with Gasteiger partial charge >= 0.3 is 0 Å². The van der Waals surface area contributed by atoms with Crippen LogP contribution in [-0.2, 0) is 9.53 Å². The lowest BCUT2D eigenvalue weighted by Crippen LogP contribution is -2.36. The van der Waals surface area contributed by atoms with Crippen LogP contribution in [0, 0.1) is 5.92 Å². The third-order valence-corrected chi connectivity index (χ3v) is 5.65. The highest BCUT2D eigenvalue weighted by atomic mass is 16.5. The Bertz CT molecular complexity index is 867. The number of likely N-dealkylation sites (tertiary alicyclic amines) is 1. The normalized spacial score (nSPS) is 18.0. The molecule has 3 rings (SSSR count). The van der Waals surface area contributed by atoms with Gasteiger partial charge in [0.2, 0.25) is 5.91 Å². The fourth-order valence-corrected chi connectivity index (χ4v) is 3.90. The van der Waals surface area contributed by atoms with Gasteiger partial charge in [0, 0.05) is 44.8 Å². The molecular formula is C24H30N2O5. The van der Waals surface area contributed by atoms with Crippen LogP contribution in [0.2, 0.25) is 0 Å². The van der Waals surface area contributed by atoms with E-state index in [9.17, 15) is 9.59 Å². The van der Waals surface area contributed by atoms with Gasteiger partial charge in [0.1, 0.15) is 11.5 Å². The highest BCUT2D eigenvalue weighted by molar-refractivity contribution is 5.95. The van der Waals surface area contributed by atoms with Gasteiger partial charge in [-0.2, -0.15) is 0 Å². The molecular weight excluding hydrogens is 396 g/mol. The molecule has 2 unspecified atom stereocenters. The molecule has 166 valence electrons. The maximum absolute atomic E-state index is 13.1. The first-order chi connectivity index (χ1) is 15.1. The third kappa shape index (κ3) is 5.55. The van der Waals surface area contributed by atoms with E-state index in [1.807, 2.05) is 24.3 Å². The SMILES string of the molecule is COCCCNC(=O)C1CN(C(=O)c2ccc(OC)cc2)CC1c1ccc(OC)cc1. The number of carbonyl (C=O) groups is 2. The summed E-state index contributed by atoms with van der Waals surface area (Å²) in [5.74, 6) is 0.919. The summed E-state index contributed by atoms with van der Waals surface area (Å²) < 4.78 is 15.5. The number of hydrogen-bond acceptors (Lipinski definition) is 5. The fraction of sp³-hybridized carbons (Fsp3) is 0.417. The molecule has 2 atom stereocenters. The summed E-state index contributed by atoms with van der Waals surface area (Å²) >= 11 is 0. The summed E-state index contributed by atoms with van der Waals surface area (Å²) in [6.45, 7) is 1.99. The molecule has 0 saturated carbocycles.